The molecule has 0 saturated carbocycles. The first kappa shape index (κ1) is 18.4. The quantitative estimate of drug-likeness (QED) is 0.617. The Hall–Kier alpha value is -2.93. The highest BCUT2D eigenvalue weighted by molar-refractivity contribution is 5.95. The number of likely N-dealkylation sites (N-methyl/N-ethyl adjacent to an activating group) is 1. The second-order valence-corrected chi connectivity index (χ2v) is 5.84. The van der Waals surface area contributed by atoms with Crippen molar-refractivity contribution in [3.63, 3.8) is 0 Å². The van der Waals surface area contributed by atoms with Crippen LogP contribution in [0.3, 0.4) is 0 Å². The van der Waals surface area contributed by atoms with Crippen molar-refractivity contribution in [3.05, 3.63) is 69.8 Å². The van der Waals surface area contributed by atoms with Crippen molar-refractivity contribution in [1.82, 2.24) is 10.2 Å². The van der Waals surface area contributed by atoms with Gasteiger partial charge in [0.05, 0.1) is 18.1 Å². The van der Waals surface area contributed by atoms with Crippen LogP contribution in [-0.4, -0.2) is 43.5 Å². The zero-order chi connectivity index (χ0) is 18.4. The van der Waals surface area contributed by atoms with E-state index in [1.807, 2.05) is 49.3 Å². The van der Waals surface area contributed by atoms with Crippen LogP contribution in [0.4, 0.5) is 5.69 Å². The standard InChI is InChI=1S/C18H21N3O4/c1-20(2)12-15(13-7-5-4-6-8-13)19-18(22)14-9-10-17(25-3)16(11-14)21(23)24/h4-11,15H,12H2,1-3H3,(H,19,22). The fourth-order valence-corrected chi connectivity index (χ4v) is 2.50. The van der Waals surface area contributed by atoms with E-state index >= 15 is 0 Å². The third kappa shape index (κ3) is 4.77. The normalized spacial score (nSPS) is 11.8. The highest BCUT2D eigenvalue weighted by Crippen LogP contribution is 2.27. The van der Waals surface area contributed by atoms with Crippen LogP contribution in [0.2, 0.25) is 0 Å². The summed E-state index contributed by atoms with van der Waals surface area (Å²) in [4.78, 5) is 25.1. The molecule has 0 radical (unpaired) electrons. The van der Waals surface area contributed by atoms with Gasteiger partial charge in [-0.25, -0.2) is 0 Å². The number of ether oxygens (including phenoxy) is 1. The van der Waals surface area contributed by atoms with Crippen molar-refractivity contribution in [2.45, 2.75) is 6.04 Å². The van der Waals surface area contributed by atoms with Gasteiger partial charge in [-0.15, -0.1) is 0 Å². The SMILES string of the molecule is COc1ccc(C(=O)NC(CN(C)C)c2ccccc2)cc1[N+](=O)[O-]. The lowest BCUT2D eigenvalue weighted by Crippen LogP contribution is -2.35. The molecule has 25 heavy (non-hydrogen) atoms. The van der Waals surface area contributed by atoms with Gasteiger partial charge in [0, 0.05) is 18.2 Å². The molecule has 0 saturated heterocycles. The number of nitro benzene ring substituents is 1. The summed E-state index contributed by atoms with van der Waals surface area (Å²) in [6.45, 7) is 0.605. The van der Waals surface area contributed by atoms with Crippen LogP contribution < -0.4 is 10.1 Å². The maximum atomic E-state index is 12.6. The summed E-state index contributed by atoms with van der Waals surface area (Å²) >= 11 is 0. The van der Waals surface area contributed by atoms with Gasteiger partial charge in [-0.3, -0.25) is 14.9 Å². The summed E-state index contributed by atoms with van der Waals surface area (Å²) < 4.78 is 4.96. The molecule has 0 fully saturated rings. The van der Waals surface area contributed by atoms with Gasteiger partial charge in [-0.1, -0.05) is 30.3 Å². The lowest BCUT2D eigenvalue weighted by molar-refractivity contribution is -0.385. The van der Waals surface area contributed by atoms with Crippen LogP contribution in [0.15, 0.2) is 48.5 Å². The Morgan fingerprint density at radius 2 is 1.92 bits per heavy atom. The van der Waals surface area contributed by atoms with Gasteiger partial charge in [-0.2, -0.15) is 0 Å². The molecule has 0 aromatic heterocycles. The highest BCUT2D eigenvalue weighted by atomic mass is 16.6. The molecule has 2 aromatic rings. The molecule has 1 amide bonds. The van der Waals surface area contributed by atoms with Gasteiger partial charge in [-0.05, 0) is 31.8 Å². The van der Waals surface area contributed by atoms with E-state index in [4.69, 9.17) is 4.74 Å². The fraction of sp³-hybridized carbons (Fsp3) is 0.278. The molecule has 1 atom stereocenters. The molecule has 1 unspecified atom stereocenters. The number of rotatable bonds is 7. The second kappa shape index (κ2) is 8.25. The number of carbonyl (C=O) groups excluding carboxylic acids is 1. The van der Waals surface area contributed by atoms with Crippen LogP contribution in [0.1, 0.15) is 22.0 Å². The molecule has 0 bridgehead atoms. The van der Waals surface area contributed by atoms with E-state index in [0.717, 1.165) is 5.56 Å². The molecule has 0 aliphatic heterocycles. The molecule has 0 aliphatic carbocycles. The maximum absolute atomic E-state index is 12.6. The molecule has 0 aliphatic rings. The highest BCUT2D eigenvalue weighted by Gasteiger charge is 2.21. The number of hydrogen-bond donors (Lipinski definition) is 1. The Morgan fingerprint density at radius 1 is 1.24 bits per heavy atom. The Bertz CT molecular complexity index is 747. The summed E-state index contributed by atoms with van der Waals surface area (Å²) in [5.41, 5.74) is 0.943. The molecule has 2 rings (SSSR count). The monoisotopic (exact) mass is 343 g/mol. The van der Waals surface area contributed by atoms with Crippen molar-refractivity contribution in [3.8, 4) is 5.75 Å². The van der Waals surface area contributed by atoms with Crippen LogP contribution in [0.5, 0.6) is 5.75 Å². The number of nitrogens with one attached hydrogen (secondary N) is 1. The Labute approximate surface area is 146 Å². The van der Waals surface area contributed by atoms with Crippen molar-refractivity contribution >= 4 is 11.6 Å². The fourth-order valence-electron chi connectivity index (χ4n) is 2.50. The van der Waals surface area contributed by atoms with Crippen LogP contribution in [0, 0.1) is 10.1 Å². The first-order valence-corrected chi connectivity index (χ1v) is 7.75. The summed E-state index contributed by atoms with van der Waals surface area (Å²) in [6.07, 6.45) is 0. The number of methoxy groups -OCH3 is 1. The minimum atomic E-state index is -0.565. The third-order valence-corrected chi connectivity index (χ3v) is 3.69. The summed E-state index contributed by atoms with van der Waals surface area (Å²) in [7, 11) is 5.19. The number of nitro groups is 1. The molecule has 0 heterocycles. The third-order valence-electron chi connectivity index (χ3n) is 3.69. The number of hydrogen-bond acceptors (Lipinski definition) is 5. The first-order valence-electron chi connectivity index (χ1n) is 7.75. The van der Waals surface area contributed by atoms with E-state index in [9.17, 15) is 14.9 Å². The molecule has 2 aromatic carbocycles. The molecule has 0 spiro atoms. The number of carbonyl (C=O) groups is 1. The number of amides is 1. The van der Waals surface area contributed by atoms with Gasteiger partial charge >= 0.3 is 5.69 Å². The smallest absolute Gasteiger partial charge is 0.311 e. The van der Waals surface area contributed by atoms with Crippen molar-refractivity contribution in [1.29, 1.82) is 0 Å². The van der Waals surface area contributed by atoms with E-state index in [0.29, 0.717) is 6.54 Å². The summed E-state index contributed by atoms with van der Waals surface area (Å²) in [6, 6.07) is 13.5. The predicted octanol–water partition coefficient (Wildman–Crippen LogP) is 2.64. The van der Waals surface area contributed by atoms with E-state index < -0.39 is 4.92 Å². The molecule has 1 N–H and O–H groups in total. The number of benzene rings is 2. The summed E-state index contributed by atoms with van der Waals surface area (Å²) in [5, 5.41) is 14.1. The molecular formula is C18H21N3O4. The number of nitrogens with zero attached hydrogens (tertiary/aromatic N) is 2. The van der Waals surface area contributed by atoms with Crippen LogP contribution in [0.25, 0.3) is 0 Å². The zero-order valence-electron chi connectivity index (χ0n) is 14.4. The van der Waals surface area contributed by atoms with E-state index in [1.165, 1.54) is 25.3 Å². The topological polar surface area (TPSA) is 84.7 Å². The summed E-state index contributed by atoms with van der Waals surface area (Å²) in [5.74, 6) is -0.254. The van der Waals surface area contributed by atoms with Gasteiger partial charge < -0.3 is 15.0 Å². The van der Waals surface area contributed by atoms with Crippen molar-refractivity contribution < 1.29 is 14.5 Å². The van der Waals surface area contributed by atoms with Gasteiger partial charge in [0.2, 0.25) is 0 Å². The van der Waals surface area contributed by atoms with E-state index in [-0.39, 0.29) is 28.9 Å². The average molecular weight is 343 g/mol. The minimum Gasteiger partial charge on any atom is -0.490 e. The predicted molar refractivity (Wildman–Crippen MR) is 94.9 cm³/mol. The molecule has 132 valence electrons. The second-order valence-electron chi connectivity index (χ2n) is 5.84. The van der Waals surface area contributed by atoms with Crippen molar-refractivity contribution in [2.24, 2.45) is 0 Å². The van der Waals surface area contributed by atoms with E-state index in [2.05, 4.69) is 5.32 Å². The Morgan fingerprint density at radius 3 is 2.48 bits per heavy atom. The Balaban J connectivity index is 2.26. The average Bonchev–Trinajstić information content (AvgIpc) is 2.60. The lowest BCUT2D eigenvalue weighted by atomic mass is 10.1. The van der Waals surface area contributed by atoms with Gasteiger partial charge in [0.25, 0.3) is 5.91 Å². The minimum absolute atomic E-state index is 0.120. The largest absolute Gasteiger partial charge is 0.490 e. The zero-order valence-corrected chi connectivity index (χ0v) is 14.4. The van der Waals surface area contributed by atoms with Gasteiger partial charge in [0.15, 0.2) is 5.75 Å². The van der Waals surface area contributed by atoms with Crippen LogP contribution >= 0.6 is 0 Å². The van der Waals surface area contributed by atoms with Gasteiger partial charge in [0.1, 0.15) is 0 Å². The van der Waals surface area contributed by atoms with Crippen molar-refractivity contribution in [2.75, 3.05) is 27.7 Å². The Kier molecular flexibility index (Phi) is 6.08. The van der Waals surface area contributed by atoms with E-state index in [1.54, 1.807) is 0 Å². The first-order chi connectivity index (χ1) is 11.9. The lowest BCUT2D eigenvalue weighted by Gasteiger charge is -2.23. The molecule has 7 heteroatoms. The molecule has 7 nitrogen and oxygen atoms in total. The maximum Gasteiger partial charge on any atom is 0.311 e. The van der Waals surface area contributed by atoms with Crippen LogP contribution in [-0.2, 0) is 0 Å². The molecular weight excluding hydrogens is 322 g/mol.